The Morgan fingerprint density at radius 2 is 1.88 bits per heavy atom. The topological polar surface area (TPSA) is 90.0 Å². The molecule has 0 N–H and O–H groups in total. The summed E-state index contributed by atoms with van der Waals surface area (Å²) >= 11 is 0. The second-order valence-electron chi connectivity index (χ2n) is 6.08. The molecule has 1 aromatic rings. The number of methoxy groups -OCH3 is 2. The van der Waals surface area contributed by atoms with Crippen LogP contribution in [0, 0.1) is 0 Å². The number of nitrogens with zero attached hydrogens (tertiary/aromatic N) is 1. The van der Waals surface area contributed by atoms with Crippen molar-refractivity contribution in [3.8, 4) is 5.75 Å². The van der Waals surface area contributed by atoms with E-state index < -0.39 is 27.9 Å². The van der Waals surface area contributed by atoms with E-state index in [4.69, 9.17) is 9.47 Å². The molecule has 0 aliphatic carbocycles. The third-order valence-electron chi connectivity index (χ3n) is 4.36. The van der Waals surface area contributed by atoms with Crippen molar-refractivity contribution in [2.24, 2.45) is 0 Å². The zero-order valence-electron chi connectivity index (χ0n) is 14.6. The molecule has 8 heteroatoms. The molecule has 0 bridgehead atoms. The third-order valence-corrected chi connectivity index (χ3v) is 6.11. The first-order chi connectivity index (χ1) is 11.8. The van der Waals surface area contributed by atoms with Gasteiger partial charge >= 0.3 is 5.97 Å². The van der Waals surface area contributed by atoms with Gasteiger partial charge in [-0.15, -0.1) is 0 Å². The van der Waals surface area contributed by atoms with Gasteiger partial charge in [-0.2, -0.15) is 0 Å². The van der Waals surface area contributed by atoms with E-state index in [-0.39, 0.29) is 23.8 Å². The summed E-state index contributed by atoms with van der Waals surface area (Å²) in [7, 11) is -0.382. The zero-order valence-corrected chi connectivity index (χ0v) is 15.4. The van der Waals surface area contributed by atoms with Gasteiger partial charge in [0.1, 0.15) is 11.8 Å². The van der Waals surface area contributed by atoms with E-state index in [1.807, 2.05) is 0 Å². The second-order valence-corrected chi connectivity index (χ2v) is 8.31. The molecule has 25 heavy (non-hydrogen) atoms. The predicted molar refractivity (Wildman–Crippen MR) is 92.1 cm³/mol. The summed E-state index contributed by atoms with van der Waals surface area (Å²) in [5, 5.41) is 0. The van der Waals surface area contributed by atoms with Crippen LogP contribution >= 0.6 is 0 Å². The molecule has 1 saturated heterocycles. The molecule has 0 unspecified atom stereocenters. The first-order valence-corrected chi connectivity index (χ1v) is 9.82. The number of ether oxygens (including phenoxy) is 2. The summed E-state index contributed by atoms with van der Waals surface area (Å²) in [6, 6.07) is 5.68. The Morgan fingerprint density at radius 1 is 1.24 bits per heavy atom. The Morgan fingerprint density at radius 3 is 2.36 bits per heavy atom. The Hall–Kier alpha value is -2.09. The van der Waals surface area contributed by atoms with E-state index in [1.165, 1.54) is 12.0 Å². The first kappa shape index (κ1) is 19.2. The minimum absolute atomic E-state index is 0.0257. The van der Waals surface area contributed by atoms with Crippen LogP contribution < -0.4 is 4.74 Å². The molecule has 1 aliphatic heterocycles. The van der Waals surface area contributed by atoms with Crippen LogP contribution in [0.2, 0.25) is 0 Å². The van der Waals surface area contributed by atoms with Crippen LogP contribution in [0.15, 0.2) is 24.3 Å². The summed E-state index contributed by atoms with van der Waals surface area (Å²) in [6.45, 7) is 1.56. The number of hydrogen-bond donors (Lipinski definition) is 0. The summed E-state index contributed by atoms with van der Waals surface area (Å²) in [5.41, 5.74) is 0.758. The van der Waals surface area contributed by atoms with E-state index in [1.54, 1.807) is 38.3 Å². The van der Waals surface area contributed by atoms with E-state index in [0.29, 0.717) is 12.2 Å². The van der Waals surface area contributed by atoms with Gasteiger partial charge in [0.25, 0.3) is 0 Å². The average Bonchev–Trinajstić information content (AvgIpc) is 2.94. The fraction of sp³-hybridized carbons (Fsp3) is 0.529. The van der Waals surface area contributed by atoms with E-state index in [2.05, 4.69) is 0 Å². The van der Waals surface area contributed by atoms with Crippen molar-refractivity contribution in [2.45, 2.75) is 31.8 Å². The van der Waals surface area contributed by atoms with Crippen LogP contribution in [0.1, 0.15) is 18.9 Å². The molecule has 138 valence electrons. The lowest BCUT2D eigenvalue weighted by Gasteiger charge is -2.32. The molecule has 0 spiro atoms. The highest BCUT2D eigenvalue weighted by molar-refractivity contribution is 7.91. The molecule has 1 aliphatic rings. The van der Waals surface area contributed by atoms with Crippen molar-refractivity contribution >= 4 is 21.7 Å². The highest BCUT2D eigenvalue weighted by atomic mass is 32.2. The van der Waals surface area contributed by atoms with Gasteiger partial charge in [-0.05, 0) is 31.0 Å². The molecule has 0 aromatic heterocycles. The zero-order chi connectivity index (χ0) is 18.6. The van der Waals surface area contributed by atoms with Gasteiger partial charge in [-0.3, -0.25) is 4.79 Å². The molecule has 2 rings (SSSR count). The molecular formula is C17H23NO6S. The van der Waals surface area contributed by atoms with Gasteiger partial charge in [0, 0.05) is 6.04 Å². The van der Waals surface area contributed by atoms with Crippen molar-refractivity contribution in [3.63, 3.8) is 0 Å². The Kier molecular flexibility index (Phi) is 6.05. The molecule has 0 saturated carbocycles. The maximum atomic E-state index is 12.8. The van der Waals surface area contributed by atoms with Crippen molar-refractivity contribution in [3.05, 3.63) is 29.8 Å². The lowest BCUT2D eigenvalue weighted by atomic mass is 10.1. The van der Waals surface area contributed by atoms with Crippen molar-refractivity contribution in [2.75, 3.05) is 25.7 Å². The smallest absolute Gasteiger partial charge is 0.328 e. The Bertz CT molecular complexity index is 728. The lowest BCUT2D eigenvalue weighted by Crippen LogP contribution is -2.50. The largest absolute Gasteiger partial charge is 0.497 e. The summed E-state index contributed by atoms with van der Waals surface area (Å²) in [5.74, 6) is -0.281. The van der Waals surface area contributed by atoms with Gasteiger partial charge in [0.2, 0.25) is 5.91 Å². The van der Waals surface area contributed by atoms with Crippen LogP contribution in [-0.2, 0) is 30.6 Å². The number of amides is 1. The molecular weight excluding hydrogens is 346 g/mol. The molecule has 1 fully saturated rings. The van der Waals surface area contributed by atoms with Gasteiger partial charge in [0.05, 0.1) is 32.1 Å². The molecule has 1 aromatic carbocycles. The number of benzene rings is 1. The van der Waals surface area contributed by atoms with Crippen molar-refractivity contribution < 1.29 is 27.5 Å². The number of hydrogen-bond acceptors (Lipinski definition) is 6. The maximum Gasteiger partial charge on any atom is 0.328 e. The van der Waals surface area contributed by atoms with Gasteiger partial charge in [-0.25, -0.2) is 13.2 Å². The van der Waals surface area contributed by atoms with E-state index in [9.17, 15) is 18.0 Å². The number of rotatable bonds is 6. The maximum absolute atomic E-state index is 12.8. The van der Waals surface area contributed by atoms with Gasteiger partial charge in [0.15, 0.2) is 9.84 Å². The summed E-state index contributed by atoms with van der Waals surface area (Å²) in [6.07, 6.45) is 0.403. The Labute approximate surface area is 147 Å². The number of esters is 1. The van der Waals surface area contributed by atoms with Crippen LogP contribution in [0.5, 0.6) is 5.75 Å². The first-order valence-electron chi connectivity index (χ1n) is 7.99. The number of carbonyl (C=O) groups excluding carboxylic acids is 2. The summed E-state index contributed by atoms with van der Waals surface area (Å²) < 4.78 is 33.4. The molecule has 2 atom stereocenters. The SMILES string of the molecule is COC(=O)[C@@H](C)N(C(=O)Cc1ccc(OC)cc1)[C@@H]1CCS(=O)(=O)C1. The fourth-order valence-electron chi connectivity index (χ4n) is 3.02. The highest BCUT2D eigenvalue weighted by Crippen LogP contribution is 2.22. The normalized spacial score (nSPS) is 19.9. The third kappa shape index (κ3) is 4.72. The summed E-state index contributed by atoms with van der Waals surface area (Å²) in [4.78, 5) is 26.1. The van der Waals surface area contributed by atoms with Gasteiger partial charge in [-0.1, -0.05) is 12.1 Å². The monoisotopic (exact) mass is 369 g/mol. The minimum Gasteiger partial charge on any atom is -0.497 e. The highest BCUT2D eigenvalue weighted by Gasteiger charge is 2.39. The number of sulfone groups is 1. The second kappa shape index (κ2) is 7.86. The van der Waals surface area contributed by atoms with Crippen molar-refractivity contribution in [1.29, 1.82) is 0 Å². The van der Waals surface area contributed by atoms with Gasteiger partial charge < -0.3 is 14.4 Å². The van der Waals surface area contributed by atoms with Crippen LogP contribution in [0.3, 0.4) is 0 Å². The van der Waals surface area contributed by atoms with Crippen molar-refractivity contribution in [1.82, 2.24) is 4.90 Å². The minimum atomic E-state index is -3.18. The fourth-order valence-corrected chi connectivity index (χ4v) is 4.74. The molecule has 0 radical (unpaired) electrons. The number of carbonyl (C=O) groups is 2. The average molecular weight is 369 g/mol. The molecule has 7 nitrogen and oxygen atoms in total. The van der Waals surface area contributed by atoms with Crippen LogP contribution in [-0.4, -0.2) is 63.0 Å². The Balaban J connectivity index is 2.21. The quantitative estimate of drug-likeness (QED) is 0.690. The van der Waals surface area contributed by atoms with E-state index >= 15 is 0 Å². The molecule has 1 amide bonds. The molecule has 1 heterocycles. The predicted octanol–water partition coefficient (Wildman–Crippen LogP) is 0.815. The van der Waals surface area contributed by atoms with E-state index in [0.717, 1.165) is 5.56 Å². The standard InChI is InChI=1S/C17H23NO6S/c1-12(17(20)24-3)18(14-8-9-25(21,22)11-14)16(19)10-13-4-6-15(23-2)7-5-13/h4-7,12,14H,8-11H2,1-3H3/t12-,14-/m1/s1. The van der Waals surface area contributed by atoms with Crippen LogP contribution in [0.4, 0.5) is 0 Å². The lowest BCUT2D eigenvalue weighted by molar-refractivity contribution is -0.153. The van der Waals surface area contributed by atoms with Crippen LogP contribution in [0.25, 0.3) is 0 Å².